The molecule has 0 radical (unpaired) electrons. The Bertz CT molecular complexity index is 1100. The van der Waals surface area contributed by atoms with Crippen molar-refractivity contribution in [3.63, 3.8) is 0 Å². The van der Waals surface area contributed by atoms with E-state index in [0.717, 1.165) is 11.4 Å². The van der Waals surface area contributed by atoms with Crippen molar-refractivity contribution in [1.82, 2.24) is 9.97 Å². The molecule has 0 fully saturated rings. The molecule has 1 N–H and O–H groups in total. The summed E-state index contributed by atoms with van der Waals surface area (Å²) in [5.74, 6) is 1.24. The zero-order chi connectivity index (χ0) is 22.5. The van der Waals surface area contributed by atoms with Crippen LogP contribution in [0.3, 0.4) is 0 Å². The number of nitrogens with one attached hydrogen (secondary N) is 1. The summed E-state index contributed by atoms with van der Waals surface area (Å²) >= 11 is 3.42. The highest BCUT2D eigenvalue weighted by molar-refractivity contribution is 9.10. The average molecular weight is 488 g/mol. The lowest BCUT2D eigenvalue weighted by Crippen LogP contribution is -2.13. The molecule has 0 spiro atoms. The molecule has 1 amide bonds. The second-order valence-corrected chi connectivity index (χ2v) is 7.32. The van der Waals surface area contributed by atoms with Crippen LogP contribution in [-0.4, -0.2) is 37.2 Å². The number of carbonyl (C=O) groups excluding carboxylic acids is 1. The molecule has 0 aliphatic heterocycles. The molecule has 162 valence electrons. The van der Waals surface area contributed by atoms with E-state index in [0.29, 0.717) is 38.7 Å². The van der Waals surface area contributed by atoms with Gasteiger partial charge < -0.3 is 24.3 Å². The summed E-state index contributed by atoms with van der Waals surface area (Å²) in [5, 5.41) is 2.85. The van der Waals surface area contributed by atoms with Crippen LogP contribution in [0.4, 0.5) is 5.69 Å². The van der Waals surface area contributed by atoms with Crippen LogP contribution >= 0.6 is 15.9 Å². The van der Waals surface area contributed by atoms with Crippen molar-refractivity contribution in [3.05, 3.63) is 57.8 Å². The predicted molar refractivity (Wildman–Crippen MR) is 120 cm³/mol. The molecular weight excluding hydrogens is 466 g/mol. The molecule has 9 heteroatoms. The zero-order valence-corrected chi connectivity index (χ0v) is 19.4. The molecule has 3 aromatic rings. The average Bonchev–Trinajstić information content (AvgIpc) is 2.72. The highest BCUT2D eigenvalue weighted by Crippen LogP contribution is 2.44. The van der Waals surface area contributed by atoms with Gasteiger partial charge in [-0.1, -0.05) is 6.07 Å². The molecule has 0 saturated carbocycles. The van der Waals surface area contributed by atoms with Gasteiger partial charge in [0.1, 0.15) is 5.75 Å². The van der Waals surface area contributed by atoms with E-state index in [-0.39, 0.29) is 11.9 Å². The summed E-state index contributed by atoms with van der Waals surface area (Å²) in [6, 6.07) is 10.6. The van der Waals surface area contributed by atoms with Gasteiger partial charge >= 0.3 is 6.01 Å². The summed E-state index contributed by atoms with van der Waals surface area (Å²) in [6.07, 6.45) is 0. The summed E-state index contributed by atoms with van der Waals surface area (Å²) in [5.41, 5.74) is 2.46. The predicted octanol–water partition coefficient (Wildman–Crippen LogP) is 4.93. The minimum Gasteiger partial charge on any atom is -0.493 e. The highest BCUT2D eigenvalue weighted by Gasteiger charge is 2.23. The number of methoxy groups -OCH3 is 3. The molecule has 31 heavy (non-hydrogen) atoms. The number of hydrogen-bond donors (Lipinski definition) is 1. The summed E-state index contributed by atoms with van der Waals surface area (Å²) in [6.45, 7) is 3.74. The molecular formula is C22H22BrN3O5. The Balaban J connectivity index is 1.86. The maximum Gasteiger partial charge on any atom is 0.322 e. The smallest absolute Gasteiger partial charge is 0.322 e. The van der Waals surface area contributed by atoms with E-state index in [1.807, 2.05) is 19.9 Å². The van der Waals surface area contributed by atoms with Crippen molar-refractivity contribution in [2.24, 2.45) is 0 Å². The van der Waals surface area contributed by atoms with E-state index in [9.17, 15) is 4.79 Å². The van der Waals surface area contributed by atoms with E-state index in [4.69, 9.17) is 18.9 Å². The van der Waals surface area contributed by atoms with Crippen LogP contribution in [0.5, 0.6) is 29.0 Å². The molecule has 0 unspecified atom stereocenters. The number of carbonyl (C=O) groups is 1. The zero-order valence-electron chi connectivity index (χ0n) is 17.8. The van der Waals surface area contributed by atoms with Crippen molar-refractivity contribution in [1.29, 1.82) is 0 Å². The lowest BCUT2D eigenvalue weighted by atomic mass is 10.1. The number of ether oxygens (including phenoxy) is 4. The maximum absolute atomic E-state index is 13.0. The number of halogens is 1. The normalized spacial score (nSPS) is 10.4. The first-order valence-corrected chi connectivity index (χ1v) is 10.1. The summed E-state index contributed by atoms with van der Waals surface area (Å²) in [7, 11) is 4.47. The van der Waals surface area contributed by atoms with Gasteiger partial charge in [-0.05, 0) is 54.0 Å². The molecule has 0 atom stereocenters. The van der Waals surface area contributed by atoms with Crippen LogP contribution in [0.25, 0.3) is 0 Å². The number of aromatic nitrogens is 2. The third-order valence-electron chi connectivity index (χ3n) is 4.28. The Labute approximate surface area is 188 Å². The first kappa shape index (κ1) is 22.4. The number of benzene rings is 2. The lowest BCUT2D eigenvalue weighted by Gasteiger charge is -2.16. The van der Waals surface area contributed by atoms with Crippen molar-refractivity contribution in [2.45, 2.75) is 13.8 Å². The summed E-state index contributed by atoms with van der Waals surface area (Å²) in [4.78, 5) is 21.5. The first-order valence-electron chi connectivity index (χ1n) is 9.26. The topological polar surface area (TPSA) is 91.8 Å². The molecule has 1 aromatic heterocycles. The third-order valence-corrected chi connectivity index (χ3v) is 5.06. The molecule has 0 bridgehead atoms. The Hall–Kier alpha value is -3.33. The number of anilines is 1. The highest BCUT2D eigenvalue weighted by atomic mass is 79.9. The van der Waals surface area contributed by atoms with Crippen molar-refractivity contribution >= 4 is 27.5 Å². The Morgan fingerprint density at radius 2 is 1.61 bits per heavy atom. The van der Waals surface area contributed by atoms with Crippen LogP contribution in [-0.2, 0) is 0 Å². The van der Waals surface area contributed by atoms with Crippen molar-refractivity contribution in [2.75, 3.05) is 26.6 Å². The fourth-order valence-corrected chi connectivity index (χ4v) is 3.60. The van der Waals surface area contributed by atoms with Gasteiger partial charge in [0.05, 0.1) is 31.4 Å². The first-order chi connectivity index (χ1) is 14.9. The van der Waals surface area contributed by atoms with E-state index in [1.165, 1.54) is 21.3 Å². The van der Waals surface area contributed by atoms with Gasteiger partial charge in [0.15, 0.2) is 11.5 Å². The Kier molecular flexibility index (Phi) is 6.96. The molecule has 0 saturated heterocycles. The lowest BCUT2D eigenvalue weighted by molar-refractivity contribution is 0.102. The van der Waals surface area contributed by atoms with Crippen molar-refractivity contribution < 1.29 is 23.7 Å². The number of aryl methyl sites for hydroxylation is 2. The van der Waals surface area contributed by atoms with E-state index < -0.39 is 0 Å². The fourth-order valence-electron chi connectivity index (χ4n) is 2.97. The van der Waals surface area contributed by atoms with Crippen LogP contribution in [0, 0.1) is 13.8 Å². The minimum atomic E-state index is -0.370. The fraction of sp³-hybridized carbons (Fsp3) is 0.227. The quantitative estimate of drug-likeness (QED) is 0.505. The Morgan fingerprint density at radius 1 is 0.935 bits per heavy atom. The number of amides is 1. The molecule has 2 aromatic carbocycles. The monoisotopic (exact) mass is 487 g/mol. The minimum absolute atomic E-state index is 0.244. The van der Waals surface area contributed by atoms with Gasteiger partial charge in [0.25, 0.3) is 5.91 Å². The Morgan fingerprint density at radius 3 is 2.23 bits per heavy atom. The second kappa shape index (κ2) is 9.65. The number of rotatable bonds is 7. The molecule has 0 aliphatic carbocycles. The summed E-state index contributed by atoms with van der Waals surface area (Å²) < 4.78 is 22.3. The van der Waals surface area contributed by atoms with Crippen LogP contribution < -0.4 is 24.3 Å². The van der Waals surface area contributed by atoms with Gasteiger partial charge in [-0.3, -0.25) is 4.79 Å². The largest absolute Gasteiger partial charge is 0.493 e. The maximum atomic E-state index is 13.0. The molecule has 0 aliphatic rings. The number of nitrogens with zero attached hydrogens (tertiary/aromatic N) is 2. The van der Waals surface area contributed by atoms with E-state index in [1.54, 1.807) is 30.3 Å². The van der Waals surface area contributed by atoms with Crippen molar-refractivity contribution in [3.8, 4) is 29.0 Å². The van der Waals surface area contributed by atoms with E-state index >= 15 is 0 Å². The number of hydrogen-bond acceptors (Lipinski definition) is 7. The van der Waals surface area contributed by atoms with Crippen LogP contribution in [0.2, 0.25) is 0 Å². The van der Waals surface area contributed by atoms with Gasteiger partial charge in [0, 0.05) is 23.1 Å². The van der Waals surface area contributed by atoms with Gasteiger partial charge in [-0.2, -0.15) is 0 Å². The van der Waals surface area contributed by atoms with Gasteiger partial charge in [0.2, 0.25) is 5.75 Å². The third kappa shape index (κ3) is 5.05. The van der Waals surface area contributed by atoms with Gasteiger partial charge in [-0.15, -0.1) is 0 Å². The second-order valence-electron chi connectivity index (χ2n) is 6.52. The molecule has 8 nitrogen and oxygen atoms in total. The molecule has 3 rings (SSSR count). The molecule has 1 heterocycles. The standard InChI is InChI=1S/C22H22BrN3O5/c1-12-9-13(2)25-22(24-12)31-15-8-6-7-14(10-15)26-21(27)16-11-17(28-3)19(29-4)20(30-5)18(16)23/h6-11H,1-5H3,(H,26,27). The SMILES string of the molecule is COc1cc(C(=O)Nc2cccc(Oc3nc(C)cc(C)n3)c2)c(Br)c(OC)c1OC. The van der Waals surface area contributed by atoms with E-state index in [2.05, 4.69) is 31.2 Å². The van der Waals surface area contributed by atoms with Crippen LogP contribution in [0.15, 0.2) is 40.9 Å². The van der Waals surface area contributed by atoms with Crippen LogP contribution in [0.1, 0.15) is 21.7 Å². The van der Waals surface area contributed by atoms with Gasteiger partial charge in [-0.25, -0.2) is 9.97 Å².